The molecule has 0 saturated carbocycles. The van der Waals surface area contributed by atoms with E-state index in [1.54, 1.807) is 7.11 Å². The highest BCUT2D eigenvalue weighted by atomic mass is 16.5. The van der Waals surface area contributed by atoms with Crippen LogP contribution in [0.15, 0.2) is 36.4 Å². The largest absolute Gasteiger partial charge is 0.508 e. The molecule has 2 aromatic carbocycles. The number of benzene rings is 2. The SMILES string of the molecule is COc1cccc2c1C1(CCc3cccc(O)c31)CC2. The first-order valence-electron chi connectivity index (χ1n) is 7.24. The predicted molar refractivity (Wildman–Crippen MR) is 78.5 cm³/mol. The van der Waals surface area contributed by atoms with Crippen LogP contribution in [0.5, 0.6) is 11.5 Å². The molecule has 0 saturated heterocycles. The lowest BCUT2D eigenvalue weighted by Crippen LogP contribution is -2.22. The highest BCUT2D eigenvalue weighted by Crippen LogP contribution is 2.57. The second-order valence-corrected chi connectivity index (χ2v) is 5.89. The van der Waals surface area contributed by atoms with Gasteiger partial charge in [0.15, 0.2) is 0 Å². The average molecular weight is 266 g/mol. The lowest BCUT2D eigenvalue weighted by molar-refractivity contribution is 0.388. The van der Waals surface area contributed by atoms with Crippen LogP contribution in [0.25, 0.3) is 0 Å². The van der Waals surface area contributed by atoms with Crippen molar-refractivity contribution in [1.29, 1.82) is 0 Å². The highest BCUT2D eigenvalue weighted by molar-refractivity contribution is 5.62. The van der Waals surface area contributed by atoms with Gasteiger partial charge in [0.1, 0.15) is 11.5 Å². The number of phenolic OH excluding ortho intramolecular Hbond substituents is 1. The van der Waals surface area contributed by atoms with E-state index in [1.807, 2.05) is 18.2 Å². The normalized spacial score (nSPS) is 22.9. The van der Waals surface area contributed by atoms with Crippen LogP contribution in [0.1, 0.15) is 35.1 Å². The fourth-order valence-electron chi connectivity index (χ4n) is 4.29. The van der Waals surface area contributed by atoms with Crippen LogP contribution in [0.4, 0.5) is 0 Å². The number of fused-ring (bicyclic) bond motifs is 4. The van der Waals surface area contributed by atoms with Crippen molar-refractivity contribution in [3.05, 3.63) is 58.7 Å². The Kier molecular flexibility index (Phi) is 2.38. The Morgan fingerprint density at radius 3 is 2.30 bits per heavy atom. The van der Waals surface area contributed by atoms with Gasteiger partial charge in [-0.3, -0.25) is 0 Å². The summed E-state index contributed by atoms with van der Waals surface area (Å²) >= 11 is 0. The van der Waals surface area contributed by atoms with Gasteiger partial charge in [-0.25, -0.2) is 0 Å². The third-order valence-corrected chi connectivity index (χ3v) is 5.06. The third kappa shape index (κ3) is 1.34. The molecule has 102 valence electrons. The molecule has 0 amide bonds. The third-order valence-electron chi connectivity index (χ3n) is 5.06. The molecule has 2 aliphatic carbocycles. The summed E-state index contributed by atoms with van der Waals surface area (Å²) < 4.78 is 5.62. The minimum absolute atomic E-state index is 0.0391. The molecule has 2 aliphatic rings. The van der Waals surface area contributed by atoms with E-state index < -0.39 is 0 Å². The van der Waals surface area contributed by atoms with Gasteiger partial charge in [0.05, 0.1) is 7.11 Å². The summed E-state index contributed by atoms with van der Waals surface area (Å²) in [6.45, 7) is 0. The predicted octanol–water partition coefficient (Wildman–Crippen LogP) is 3.58. The van der Waals surface area contributed by atoms with Gasteiger partial charge in [-0.1, -0.05) is 24.3 Å². The standard InChI is InChI=1S/C18H18O2/c1-20-15-7-3-5-13-9-11-18(17(13)15)10-8-12-4-2-6-14(19)16(12)18/h2-7,19H,8-11H2,1H3. The first-order valence-corrected chi connectivity index (χ1v) is 7.24. The van der Waals surface area contributed by atoms with Crippen molar-refractivity contribution in [2.24, 2.45) is 0 Å². The Bertz CT molecular complexity index is 686. The second-order valence-electron chi connectivity index (χ2n) is 5.89. The summed E-state index contributed by atoms with van der Waals surface area (Å²) in [6, 6.07) is 12.2. The molecule has 0 radical (unpaired) electrons. The van der Waals surface area contributed by atoms with E-state index in [-0.39, 0.29) is 5.41 Å². The number of hydrogen-bond donors (Lipinski definition) is 1. The number of ether oxygens (including phenoxy) is 1. The van der Waals surface area contributed by atoms with Crippen molar-refractivity contribution in [3.8, 4) is 11.5 Å². The molecule has 1 atom stereocenters. The highest BCUT2D eigenvalue weighted by Gasteiger charge is 2.47. The summed E-state index contributed by atoms with van der Waals surface area (Å²) in [5, 5.41) is 10.4. The van der Waals surface area contributed by atoms with Crippen LogP contribution < -0.4 is 4.74 Å². The monoisotopic (exact) mass is 266 g/mol. The molecule has 20 heavy (non-hydrogen) atoms. The van der Waals surface area contributed by atoms with E-state index in [0.717, 1.165) is 37.0 Å². The number of hydrogen-bond acceptors (Lipinski definition) is 2. The molecule has 0 aromatic heterocycles. The topological polar surface area (TPSA) is 29.5 Å². The van der Waals surface area contributed by atoms with Crippen molar-refractivity contribution < 1.29 is 9.84 Å². The van der Waals surface area contributed by atoms with E-state index in [4.69, 9.17) is 4.74 Å². The summed E-state index contributed by atoms with van der Waals surface area (Å²) in [4.78, 5) is 0. The zero-order valence-electron chi connectivity index (χ0n) is 11.6. The Balaban J connectivity index is 2.01. The molecule has 1 spiro atoms. The van der Waals surface area contributed by atoms with Gasteiger partial charge >= 0.3 is 0 Å². The van der Waals surface area contributed by atoms with Crippen LogP contribution in [0.3, 0.4) is 0 Å². The number of methoxy groups -OCH3 is 1. The first kappa shape index (κ1) is 11.8. The van der Waals surface area contributed by atoms with Gasteiger partial charge in [0.2, 0.25) is 0 Å². The van der Waals surface area contributed by atoms with E-state index in [1.165, 1.54) is 16.7 Å². The zero-order valence-corrected chi connectivity index (χ0v) is 11.6. The van der Waals surface area contributed by atoms with Crippen molar-refractivity contribution >= 4 is 0 Å². The van der Waals surface area contributed by atoms with Crippen LogP contribution >= 0.6 is 0 Å². The van der Waals surface area contributed by atoms with E-state index in [9.17, 15) is 5.11 Å². The van der Waals surface area contributed by atoms with Crippen LogP contribution in [0, 0.1) is 0 Å². The van der Waals surface area contributed by atoms with Crippen molar-refractivity contribution in [2.45, 2.75) is 31.1 Å². The molecule has 4 rings (SSSR count). The summed E-state index contributed by atoms with van der Waals surface area (Å²) in [7, 11) is 1.74. The Morgan fingerprint density at radius 1 is 0.950 bits per heavy atom. The quantitative estimate of drug-likeness (QED) is 0.855. The summed E-state index contributed by atoms with van der Waals surface area (Å²) in [5.74, 6) is 1.41. The lowest BCUT2D eigenvalue weighted by atomic mass is 9.76. The molecule has 0 bridgehead atoms. The molecule has 0 fully saturated rings. The summed E-state index contributed by atoms with van der Waals surface area (Å²) in [5.41, 5.74) is 5.08. The van der Waals surface area contributed by atoms with Gasteiger partial charge < -0.3 is 9.84 Å². The lowest BCUT2D eigenvalue weighted by Gasteiger charge is -2.28. The number of aromatic hydroxyl groups is 1. The van der Waals surface area contributed by atoms with Crippen molar-refractivity contribution in [2.75, 3.05) is 7.11 Å². The zero-order chi connectivity index (χ0) is 13.7. The molecular formula is C18H18O2. The maximum absolute atomic E-state index is 10.4. The molecule has 0 aliphatic heterocycles. The molecule has 2 aromatic rings. The van der Waals surface area contributed by atoms with Crippen LogP contribution in [-0.2, 0) is 18.3 Å². The Labute approximate surface area is 119 Å². The van der Waals surface area contributed by atoms with E-state index in [0.29, 0.717) is 5.75 Å². The molecule has 1 unspecified atom stereocenters. The smallest absolute Gasteiger partial charge is 0.123 e. The van der Waals surface area contributed by atoms with Crippen molar-refractivity contribution in [1.82, 2.24) is 0 Å². The molecule has 2 nitrogen and oxygen atoms in total. The van der Waals surface area contributed by atoms with Gasteiger partial charge in [-0.05, 0) is 48.9 Å². The van der Waals surface area contributed by atoms with Gasteiger partial charge in [0, 0.05) is 16.5 Å². The first-order chi connectivity index (χ1) is 9.76. The van der Waals surface area contributed by atoms with Gasteiger partial charge in [0.25, 0.3) is 0 Å². The fourth-order valence-corrected chi connectivity index (χ4v) is 4.29. The number of aryl methyl sites for hydroxylation is 2. The van der Waals surface area contributed by atoms with Crippen LogP contribution in [0.2, 0.25) is 0 Å². The average Bonchev–Trinajstić information content (AvgIpc) is 3.03. The molecule has 2 heteroatoms. The Morgan fingerprint density at radius 2 is 1.60 bits per heavy atom. The second kappa shape index (κ2) is 4.02. The van der Waals surface area contributed by atoms with Crippen molar-refractivity contribution in [3.63, 3.8) is 0 Å². The molecule has 1 N–H and O–H groups in total. The van der Waals surface area contributed by atoms with Gasteiger partial charge in [-0.2, -0.15) is 0 Å². The van der Waals surface area contributed by atoms with Crippen LogP contribution in [-0.4, -0.2) is 12.2 Å². The fraction of sp³-hybridized carbons (Fsp3) is 0.333. The molecule has 0 heterocycles. The number of rotatable bonds is 1. The van der Waals surface area contributed by atoms with E-state index in [2.05, 4.69) is 18.2 Å². The minimum Gasteiger partial charge on any atom is -0.508 e. The maximum atomic E-state index is 10.4. The Hall–Kier alpha value is -1.96. The van der Waals surface area contributed by atoms with Gasteiger partial charge in [-0.15, -0.1) is 0 Å². The maximum Gasteiger partial charge on any atom is 0.123 e. The summed E-state index contributed by atoms with van der Waals surface area (Å²) in [6.07, 6.45) is 4.27. The molecular weight excluding hydrogens is 248 g/mol. The minimum atomic E-state index is -0.0391. The van der Waals surface area contributed by atoms with E-state index >= 15 is 0 Å². The number of phenols is 1.